The molecule has 2 aromatic rings. The minimum Gasteiger partial charge on any atom is -0.468 e. The zero-order chi connectivity index (χ0) is 15.4. The van der Waals surface area contributed by atoms with Crippen LogP contribution in [0.1, 0.15) is 27.9 Å². The first-order valence-corrected chi connectivity index (χ1v) is 6.97. The Labute approximate surface area is 128 Å². The molecule has 0 aliphatic carbocycles. The van der Waals surface area contributed by atoms with E-state index < -0.39 is 0 Å². The maximum absolute atomic E-state index is 12.2. The van der Waals surface area contributed by atoms with Crippen LogP contribution < -0.4 is 5.32 Å². The Bertz CT molecular complexity index is 591. The number of carbonyl (C=O) groups excluding carboxylic acids is 1. The first kappa shape index (κ1) is 15.5. The van der Waals surface area contributed by atoms with E-state index >= 15 is 0 Å². The minimum absolute atomic E-state index is 0.0256. The first-order valence-electron chi connectivity index (χ1n) is 6.59. The molecule has 0 aromatic carbocycles. The molecule has 0 saturated heterocycles. The van der Waals surface area contributed by atoms with Crippen LogP contribution in [0.15, 0.2) is 34.9 Å². The Morgan fingerprint density at radius 3 is 2.81 bits per heavy atom. The van der Waals surface area contributed by atoms with E-state index in [1.54, 1.807) is 25.3 Å². The third-order valence-corrected chi connectivity index (χ3v) is 3.33. The monoisotopic (exact) mass is 307 g/mol. The SMILES string of the molecule is Cc1cc(C(=O)NCC(c2ccco2)N(C)C)cc(Cl)n1. The van der Waals surface area contributed by atoms with Crippen molar-refractivity contribution in [3.8, 4) is 0 Å². The maximum atomic E-state index is 12.2. The molecule has 1 unspecified atom stereocenters. The number of amides is 1. The van der Waals surface area contributed by atoms with Gasteiger partial charge in [-0.2, -0.15) is 0 Å². The standard InChI is InChI=1S/C15H18ClN3O2/c1-10-7-11(8-14(16)18-10)15(20)17-9-12(19(2)3)13-5-4-6-21-13/h4-8,12H,9H2,1-3H3,(H,17,20). The van der Waals surface area contributed by atoms with Crippen molar-refractivity contribution in [3.05, 3.63) is 52.7 Å². The van der Waals surface area contributed by atoms with E-state index in [9.17, 15) is 4.79 Å². The summed E-state index contributed by atoms with van der Waals surface area (Å²) in [5.41, 5.74) is 1.22. The second kappa shape index (κ2) is 6.74. The van der Waals surface area contributed by atoms with Gasteiger partial charge in [0.15, 0.2) is 0 Å². The normalized spacial score (nSPS) is 12.4. The Kier molecular flexibility index (Phi) is 4.98. The molecular formula is C15H18ClN3O2. The number of aryl methyl sites for hydroxylation is 1. The van der Waals surface area contributed by atoms with Crippen molar-refractivity contribution in [2.75, 3.05) is 20.6 Å². The van der Waals surface area contributed by atoms with E-state index in [-0.39, 0.29) is 11.9 Å². The summed E-state index contributed by atoms with van der Waals surface area (Å²) in [6, 6.07) is 6.96. The molecule has 0 spiro atoms. The quantitative estimate of drug-likeness (QED) is 0.863. The summed E-state index contributed by atoms with van der Waals surface area (Å²) in [4.78, 5) is 18.2. The topological polar surface area (TPSA) is 58.4 Å². The van der Waals surface area contributed by atoms with Crippen LogP contribution in [-0.4, -0.2) is 36.4 Å². The molecule has 1 amide bonds. The molecule has 1 atom stereocenters. The summed E-state index contributed by atoms with van der Waals surface area (Å²) in [6.07, 6.45) is 1.62. The molecule has 5 nitrogen and oxygen atoms in total. The lowest BCUT2D eigenvalue weighted by atomic mass is 10.2. The van der Waals surface area contributed by atoms with Gasteiger partial charge in [0.1, 0.15) is 10.9 Å². The van der Waals surface area contributed by atoms with Gasteiger partial charge >= 0.3 is 0 Å². The third-order valence-electron chi connectivity index (χ3n) is 3.14. The smallest absolute Gasteiger partial charge is 0.251 e. The molecule has 2 rings (SSSR count). The van der Waals surface area contributed by atoms with Crippen molar-refractivity contribution in [2.45, 2.75) is 13.0 Å². The predicted octanol–water partition coefficient (Wildman–Crippen LogP) is 2.67. The van der Waals surface area contributed by atoms with Gasteiger partial charge < -0.3 is 9.73 Å². The number of pyridine rings is 1. The molecule has 1 N–H and O–H groups in total. The van der Waals surface area contributed by atoms with Crippen molar-refractivity contribution in [1.82, 2.24) is 15.2 Å². The number of furan rings is 1. The molecule has 0 aliphatic rings. The summed E-state index contributed by atoms with van der Waals surface area (Å²) in [6.45, 7) is 2.24. The van der Waals surface area contributed by atoms with Crippen LogP contribution in [0.3, 0.4) is 0 Å². The maximum Gasteiger partial charge on any atom is 0.251 e. The zero-order valence-corrected chi connectivity index (χ0v) is 13.0. The lowest BCUT2D eigenvalue weighted by Gasteiger charge is -2.22. The highest BCUT2D eigenvalue weighted by molar-refractivity contribution is 6.29. The van der Waals surface area contributed by atoms with Gasteiger partial charge in [-0.15, -0.1) is 0 Å². The van der Waals surface area contributed by atoms with Crippen molar-refractivity contribution in [1.29, 1.82) is 0 Å². The summed E-state index contributed by atoms with van der Waals surface area (Å²) < 4.78 is 5.41. The molecule has 2 heterocycles. The van der Waals surface area contributed by atoms with Gasteiger partial charge in [0.2, 0.25) is 0 Å². The van der Waals surface area contributed by atoms with E-state index in [2.05, 4.69) is 10.3 Å². The van der Waals surface area contributed by atoms with Gasteiger partial charge in [0.25, 0.3) is 5.91 Å². The van der Waals surface area contributed by atoms with Gasteiger partial charge in [-0.3, -0.25) is 9.69 Å². The largest absolute Gasteiger partial charge is 0.468 e. The number of nitrogens with one attached hydrogen (secondary N) is 1. The fourth-order valence-electron chi connectivity index (χ4n) is 2.07. The average Bonchev–Trinajstić information content (AvgIpc) is 2.91. The molecule has 21 heavy (non-hydrogen) atoms. The molecule has 0 saturated carbocycles. The number of rotatable bonds is 5. The first-order chi connectivity index (χ1) is 9.97. The highest BCUT2D eigenvalue weighted by Gasteiger charge is 2.18. The predicted molar refractivity (Wildman–Crippen MR) is 81.5 cm³/mol. The lowest BCUT2D eigenvalue weighted by molar-refractivity contribution is 0.0939. The van der Waals surface area contributed by atoms with Gasteiger partial charge in [0.05, 0.1) is 12.3 Å². The average molecular weight is 308 g/mol. The second-order valence-corrected chi connectivity index (χ2v) is 5.41. The lowest BCUT2D eigenvalue weighted by Crippen LogP contribution is -2.34. The van der Waals surface area contributed by atoms with Crippen LogP contribution in [0.2, 0.25) is 5.15 Å². The molecule has 0 aliphatic heterocycles. The Morgan fingerprint density at radius 2 is 2.24 bits per heavy atom. The second-order valence-electron chi connectivity index (χ2n) is 5.02. The van der Waals surface area contributed by atoms with Gasteiger partial charge in [-0.1, -0.05) is 11.6 Å². The molecule has 0 fully saturated rings. The summed E-state index contributed by atoms with van der Waals surface area (Å²) >= 11 is 5.87. The van der Waals surface area contributed by atoms with Crippen LogP contribution in [0, 0.1) is 6.92 Å². The van der Waals surface area contributed by atoms with Gasteiger partial charge in [-0.25, -0.2) is 4.98 Å². The number of likely N-dealkylation sites (N-methyl/N-ethyl adjacent to an activating group) is 1. The minimum atomic E-state index is -0.180. The molecule has 112 valence electrons. The Balaban J connectivity index is 2.05. The fourth-order valence-corrected chi connectivity index (χ4v) is 2.32. The number of hydrogen-bond donors (Lipinski definition) is 1. The highest BCUT2D eigenvalue weighted by Crippen LogP contribution is 2.18. The fraction of sp³-hybridized carbons (Fsp3) is 0.333. The molecular weight excluding hydrogens is 290 g/mol. The number of hydrogen-bond acceptors (Lipinski definition) is 4. The summed E-state index contributed by atoms with van der Waals surface area (Å²) in [7, 11) is 3.87. The molecule has 0 bridgehead atoms. The molecule has 0 radical (unpaired) electrons. The van der Waals surface area contributed by atoms with Gasteiger partial charge in [-0.05, 0) is 45.3 Å². The van der Waals surface area contributed by atoms with Crippen LogP contribution in [0.25, 0.3) is 0 Å². The molecule has 2 aromatic heterocycles. The van der Waals surface area contributed by atoms with E-state index in [0.29, 0.717) is 23.0 Å². The van der Waals surface area contributed by atoms with Crippen molar-refractivity contribution < 1.29 is 9.21 Å². The third kappa shape index (κ3) is 4.06. The van der Waals surface area contributed by atoms with E-state index in [4.69, 9.17) is 16.0 Å². The number of halogens is 1. The molecule has 6 heteroatoms. The Hall–Kier alpha value is -1.85. The zero-order valence-electron chi connectivity index (χ0n) is 12.3. The van der Waals surface area contributed by atoms with Crippen LogP contribution in [-0.2, 0) is 0 Å². The van der Waals surface area contributed by atoms with Crippen LogP contribution in [0.5, 0.6) is 0 Å². The number of nitrogens with zero attached hydrogens (tertiary/aromatic N) is 2. The number of carbonyl (C=O) groups is 1. The van der Waals surface area contributed by atoms with Crippen molar-refractivity contribution in [2.24, 2.45) is 0 Å². The summed E-state index contributed by atoms with van der Waals surface area (Å²) in [5.74, 6) is 0.630. The van der Waals surface area contributed by atoms with Crippen LogP contribution in [0.4, 0.5) is 0 Å². The van der Waals surface area contributed by atoms with Crippen LogP contribution >= 0.6 is 11.6 Å². The van der Waals surface area contributed by atoms with E-state index in [0.717, 1.165) is 5.76 Å². The highest BCUT2D eigenvalue weighted by atomic mass is 35.5. The van der Waals surface area contributed by atoms with Gasteiger partial charge in [0, 0.05) is 17.8 Å². The van der Waals surface area contributed by atoms with Crippen molar-refractivity contribution in [3.63, 3.8) is 0 Å². The van der Waals surface area contributed by atoms with Crippen molar-refractivity contribution >= 4 is 17.5 Å². The van der Waals surface area contributed by atoms with E-state index in [1.165, 1.54) is 0 Å². The Morgan fingerprint density at radius 1 is 1.48 bits per heavy atom. The number of aromatic nitrogens is 1. The van der Waals surface area contributed by atoms with E-state index in [1.807, 2.05) is 31.1 Å². The summed E-state index contributed by atoms with van der Waals surface area (Å²) in [5, 5.41) is 3.21.